The number of hydrogen-bond acceptors (Lipinski definition) is 4. The number of nitrogens with zero attached hydrogens (tertiary/aromatic N) is 2. The SMILES string of the molecule is CC(C)(C)C([O-])=C[N+](=N)C(C)(C)C.CC(C)(C)C([O-])=C[N+](=N)C(C)(C)C.[Fe+2]. The van der Waals surface area contributed by atoms with E-state index in [1.165, 1.54) is 21.8 Å². The molecule has 2 N–H and O–H groups in total. The quantitative estimate of drug-likeness (QED) is 0.301. The van der Waals surface area contributed by atoms with E-state index in [1.807, 2.05) is 83.1 Å². The van der Waals surface area contributed by atoms with Crippen molar-refractivity contribution in [2.45, 2.75) is 94.2 Å². The zero-order valence-electron chi connectivity index (χ0n) is 19.2. The molecule has 27 heavy (non-hydrogen) atoms. The normalized spacial score (nSPS) is 13.9. The van der Waals surface area contributed by atoms with E-state index < -0.39 is 10.8 Å². The predicted molar refractivity (Wildman–Crippen MR) is 101 cm³/mol. The molecule has 0 unspecified atom stereocenters. The second-order valence-corrected chi connectivity index (χ2v) is 10.6. The summed E-state index contributed by atoms with van der Waals surface area (Å²) in [5, 5.41) is 23.0. The summed E-state index contributed by atoms with van der Waals surface area (Å²) in [5.74, 6) is -0.0325. The van der Waals surface area contributed by atoms with E-state index in [9.17, 15) is 10.2 Å². The first-order chi connectivity index (χ1) is 11.1. The van der Waals surface area contributed by atoms with Crippen molar-refractivity contribution in [1.29, 1.82) is 11.1 Å². The van der Waals surface area contributed by atoms with E-state index in [0.717, 1.165) is 0 Å². The molecule has 0 aromatic rings. The molecule has 0 aliphatic rings. The molecule has 0 fully saturated rings. The van der Waals surface area contributed by atoms with Gasteiger partial charge in [0.05, 0.1) is 0 Å². The molecule has 0 aliphatic carbocycles. The maximum atomic E-state index is 11.5. The minimum atomic E-state index is -0.398. The second kappa shape index (κ2) is 10.4. The summed E-state index contributed by atoms with van der Waals surface area (Å²) >= 11 is 0. The molecule has 0 atom stereocenters. The fourth-order valence-corrected chi connectivity index (χ4v) is 1.01. The van der Waals surface area contributed by atoms with Crippen molar-refractivity contribution < 1.29 is 36.7 Å². The van der Waals surface area contributed by atoms with E-state index in [2.05, 4.69) is 0 Å². The maximum absolute atomic E-state index is 11.5. The summed E-state index contributed by atoms with van der Waals surface area (Å²) < 4.78 is 2.42. The Morgan fingerprint density at radius 1 is 0.593 bits per heavy atom. The van der Waals surface area contributed by atoms with Crippen LogP contribution in [0.1, 0.15) is 83.1 Å². The van der Waals surface area contributed by atoms with Crippen LogP contribution in [0.5, 0.6) is 0 Å². The van der Waals surface area contributed by atoms with E-state index >= 15 is 0 Å². The largest absolute Gasteiger partial charge is 2.00 e. The molecule has 0 aromatic carbocycles. The van der Waals surface area contributed by atoms with Gasteiger partial charge >= 0.3 is 17.1 Å². The van der Waals surface area contributed by atoms with Gasteiger partial charge in [0, 0.05) is 41.5 Å². The van der Waals surface area contributed by atoms with Gasteiger partial charge in [-0.05, 0) is 10.8 Å². The van der Waals surface area contributed by atoms with Gasteiger partial charge in [0.2, 0.25) is 0 Å². The molecular weight excluding hydrogens is 384 g/mol. The van der Waals surface area contributed by atoms with E-state index in [1.54, 1.807) is 0 Å². The Balaban J connectivity index is -0.000000411. The van der Waals surface area contributed by atoms with Crippen molar-refractivity contribution in [3.8, 4) is 0 Å². The van der Waals surface area contributed by atoms with Crippen LogP contribution in [-0.2, 0) is 17.1 Å². The third kappa shape index (κ3) is 13.6. The molecule has 0 amide bonds. The van der Waals surface area contributed by atoms with E-state index in [4.69, 9.17) is 11.1 Å². The van der Waals surface area contributed by atoms with Crippen LogP contribution in [0.2, 0.25) is 0 Å². The number of hydrogen-bond donors (Lipinski definition) is 2. The number of nitrogens with one attached hydrogen (secondary N) is 2. The third-order valence-electron chi connectivity index (χ3n) is 3.42. The maximum Gasteiger partial charge on any atom is 2.00 e. The standard InChI is InChI=1S/2C10H20N2O.Fe/c2*1-9(2,3)8(13)7-12(11)10(4,5)6;/h2*7H,1-6H3,(H-,11,13);/q;;+2. The molecule has 0 radical (unpaired) electrons. The van der Waals surface area contributed by atoms with Gasteiger partial charge in [-0.1, -0.05) is 73.5 Å². The van der Waals surface area contributed by atoms with Gasteiger partial charge in [-0.15, -0.1) is 0 Å². The van der Waals surface area contributed by atoms with Gasteiger partial charge in [0.15, 0.2) is 23.5 Å². The van der Waals surface area contributed by atoms with Crippen LogP contribution >= 0.6 is 0 Å². The van der Waals surface area contributed by atoms with Crippen molar-refractivity contribution in [3.05, 3.63) is 23.9 Å². The Bertz CT molecular complexity index is 515. The van der Waals surface area contributed by atoms with Crippen LogP contribution in [0.15, 0.2) is 23.9 Å². The first-order valence-electron chi connectivity index (χ1n) is 8.90. The number of rotatable bonds is 2. The summed E-state index contributed by atoms with van der Waals surface area (Å²) in [4.78, 5) is 0. The Labute approximate surface area is 176 Å². The molecule has 0 heterocycles. The van der Waals surface area contributed by atoms with Crippen LogP contribution in [0, 0.1) is 21.9 Å². The fourth-order valence-electron chi connectivity index (χ4n) is 1.01. The first kappa shape index (κ1) is 30.5. The van der Waals surface area contributed by atoms with Gasteiger partial charge in [-0.3, -0.25) is 0 Å². The summed E-state index contributed by atoms with van der Waals surface area (Å²) in [6, 6.07) is 0. The second-order valence-electron chi connectivity index (χ2n) is 10.6. The minimum Gasteiger partial charge on any atom is -0.871 e. The molecule has 158 valence electrons. The van der Waals surface area contributed by atoms with Crippen LogP contribution in [0.3, 0.4) is 0 Å². The van der Waals surface area contributed by atoms with Crippen molar-refractivity contribution in [3.63, 3.8) is 0 Å². The van der Waals surface area contributed by atoms with Crippen molar-refractivity contribution >= 4 is 0 Å². The summed E-state index contributed by atoms with van der Waals surface area (Å²) in [5.41, 5.74) is 13.7. The average molecular weight is 424 g/mol. The minimum absolute atomic E-state index is 0. The molecule has 0 aromatic heterocycles. The number of allylic oxidation sites excluding steroid dienone is 2. The Morgan fingerprint density at radius 2 is 0.778 bits per heavy atom. The molecule has 0 saturated carbocycles. The Kier molecular flexibility index (Phi) is 11.7. The van der Waals surface area contributed by atoms with E-state index in [-0.39, 0.29) is 39.7 Å². The van der Waals surface area contributed by atoms with Gasteiger partial charge in [0.25, 0.3) is 0 Å². The summed E-state index contributed by atoms with van der Waals surface area (Å²) in [6.45, 7) is 22.5. The molecule has 0 saturated heterocycles. The third-order valence-corrected chi connectivity index (χ3v) is 3.42. The van der Waals surface area contributed by atoms with Crippen molar-refractivity contribution in [2.75, 3.05) is 0 Å². The Morgan fingerprint density at radius 3 is 0.889 bits per heavy atom. The predicted octanol–water partition coefficient (Wildman–Crippen LogP) is 4.15. The van der Waals surface area contributed by atoms with Gasteiger partial charge in [-0.25, -0.2) is 0 Å². The monoisotopic (exact) mass is 424 g/mol. The van der Waals surface area contributed by atoms with Crippen molar-refractivity contribution in [2.24, 2.45) is 10.8 Å². The summed E-state index contributed by atoms with van der Waals surface area (Å²) in [7, 11) is 0. The van der Waals surface area contributed by atoms with Crippen LogP contribution in [-0.4, -0.2) is 20.5 Å². The zero-order valence-corrected chi connectivity index (χ0v) is 20.3. The zero-order chi connectivity index (χ0) is 21.7. The molecule has 7 heteroatoms. The Hall–Kier alpha value is -1.20. The molecule has 0 rings (SSSR count). The summed E-state index contributed by atoms with van der Waals surface area (Å²) in [6.07, 6.45) is 2.72. The topological polar surface area (TPSA) is 99.8 Å². The van der Waals surface area contributed by atoms with Gasteiger partial charge < -0.3 is 10.2 Å². The molecule has 0 aliphatic heterocycles. The van der Waals surface area contributed by atoms with Crippen molar-refractivity contribution in [1.82, 2.24) is 0 Å². The van der Waals surface area contributed by atoms with Gasteiger partial charge in [0.1, 0.15) is 0 Å². The van der Waals surface area contributed by atoms with E-state index in [0.29, 0.717) is 0 Å². The van der Waals surface area contributed by atoms with Gasteiger partial charge in [-0.2, -0.15) is 0 Å². The van der Waals surface area contributed by atoms with Crippen LogP contribution < -0.4 is 10.2 Å². The molecule has 0 bridgehead atoms. The first-order valence-corrected chi connectivity index (χ1v) is 8.90. The van der Waals surface area contributed by atoms with Crippen LogP contribution in [0.25, 0.3) is 0 Å². The fraction of sp³-hybridized carbons (Fsp3) is 0.800. The average Bonchev–Trinajstić information content (AvgIpc) is 2.34. The molecule has 0 spiro atoms. The molecular formula is C20H40FeN4O2+2. The van der Waals surface area contributed by atoms with Crippen LogP contribution in [0.4, 0.5) is 0 Å². The molecule has 6 nitrogen and oxygen atoms in total. The smallest absolute Gasteiger partial charge is 0.871 e.